The summed E-state index contributed by atoms with van der Waals surface area (Å²) in [6, 6.07) is 16.6. The van der Waals surface area contributed by atoms with Crippen molar-refractivity contribution in [3.8, 4) is 5.69 Å². The van der Waals surface area contributed by atoms with Crippen LogP contribution < -0.4 is 5.32 Å². The molecule has 1 aromatic heterocycles. The molecule has 5 heteroatoms. The first-order chi connectivity index (χ1) is 9.83. The quantitative estimate of drug-likeness (QED) is 0.790. The van der Waals surface area contributed by atoms with Crippen molar-refractivity contribution < 1.29 is 4.79 Å². The van der Waals surface area contributed by atoms with Crippen LogP contribution in [0.5, 0.6) is 0 Å². The fraction of sp³-hybridized carbons (Fsp3) is 0. The Morgan fingerprint density at radius 3 is 2.45 bits per heavy atom. The molecular formula is C15H12N4O. The Bertz CT molecular complexity index is 708. The largest absolute Gasteiger partial charge is 0.322 e. The predicted molar refractivity (Wildman–Crippen MR) is 75.8 cm³/mol. The van der Waals surface area contributed by atoms with E-state index in [2.05, 4.69) is 15.5 Å². The molecular weight excluding hydrogens is 252 g/mol. The minimum absolute atomic E-state index is 0.133. The Hall–Kier alpha value is -2.95. The number of rotatable bonds is 3. The molecule has 0 bridgehead atoms. The van der Waals surface area contributed by atoms with Crippen LogP contribution >= 0.6 is 0 Å². The van der Waals surface area contributed by atoms with Crippen molar-refractivity contribution in [2.75, 3.05) is 5.32 Å². The lowest BCUT2D eigenvalue weighted by Gasteiger charge is -2.07. The van der Waals surface area contributed by atoms with Gasteiger partial charge >= 0.3 is 0 Å². The van der Waals surface area contributed by atoms with E-state index in [9.17, 15) is 4.79 Å². The summed E-state index contributed by atoms with van der Waals surface area (Å²) in [5, 5.41) is 10.4. The molecule has 98 valence electrons. The maximum Gasteiger partial charge on any atom is 0.255 e. The van der Waals surface area contributed by atoms with Crippen molar-refractivity contribution in [2.45, 2.75) is 0 Å². The molecule has 0 spiro atoms. The van der Waals surface area contributed by atoms with Gasteiger partial charge in [0.1, 0.15) is 12.7 Å². The fourth-order valence-electron chi connectivity index (χ4n) is 1.87. The maximum absolute atomic E-state index is 12.1. The van der Waals surface area contributed by atoms with Gasteiger partial charge in [-0.15, -0.1) is 10.2 Å². The first-order valence-electron chi connectivity index (χ1n) is 6.14. The standard InChI is InChI=1S/C15H12N4O/c20-15(12-5-2-1-3-6-12)18-13-7-4-8-14(9-13)19-10-16-17-11-19/h1-11H,(H,18,20). The Kier molecular flexibility index (Phi) is 3.24. The minimum atomic E-state index is -0.133. The van der Waals surface area contributed by atoms with Crippen LogP contribution in [0.2, 0.25) is 0 Å². The van der Waals surface area contributed by atoms with Gasteiger partial charge in [0.2, 0.25) is 0 Å². The third kappa shape index (κ3) is 2.56. The van der Waals surface area contributed by atoms with Gasteiger partial charge in [-0.05, 0) is 30.3 Å². The van der Waals surface area contributed by atoms with Crippen molar-refractivity contribution in [3.63, 3.8) is 0 Å². The summed E-state index contributed by atoms with van der Waals surface area (Å²) in [6.45, 7) is 0. The Morgan fingerprint density at radius 1 is 0.950 bits per heavy atom. The van der Waals surface area contributed by atoms with Crippen LogP contribution in [0.25, 0.3) is 5.69 Å². The van der Waals surface area contributed by atoms with E-state index in [4.69, 9.17) is 0 Å². The monoisotopic (exact) mass is 264 g/mol. The zero-order valence-corrected chi connectivity index (χ0v) is 10.6. The van der Waals surface area contributed by atoms with E-state index in [1.54, 1.807) is 29.4 Å². The molecule has 0 fully saturated rings. The molecule has 0 saturated carbocycles. The third-order valence-electron chi connectivity index (χ3n) is 2.86. The fourth-order valence-corrected chi connectivity index (χ4v) is 1.87. The SMILES string of the molecule is O=C(Nc1cccc(-n2cnnc2)c1)c1ccccc1. The molecule has 5 nitrogen and oxygen atoms in total. The minimum Gasteiger partial charge on any atom is -0.322 e. The summed E-state index contributed by atoms with van der Waals surface area (Å²) in [6.07, 6.45) is 3.22. The number of carbonyl (C=O) groups excluding carboxylic acids is 1. The average Bonchev–Trinajstić information content (AvgIpc) is 3.03. The van der Waals surface area contributed by atoms with Crippen molar-refractivity contribution in [2.24, 2.45) is 0 Å². The van der Waals surface area contributed by atoms with Crippen molar-refractivity contribution >= 4 is 11.6 Å². The van der Waals surface area contributed by atoms with Crippen LogP contribution in [0.15, 0.2) is 67.3 Å². The van der Waals surface area contributed by atoms with Crippen molar-refractivity contribution in [1.29, 1.82) is 0 Å². The van der Waals surface area contributed by atoms with E-state index in [1.165, 1.54) is 0 Å². The molecule has 0 aliphatic rings. The summed E-state index contributed by atoms with van der Waals surface area (Å²) in [5.41, 5.74) is 2.24. The molecule has 20 heavy (non-hydrogen) atoms. The summed E-state index contributed by atoms with van der Waals surface area (Å²) >= 11 is 0. The normalized spacial score (nSPS) is 10.2. The molecule has 2 aromatic carbocycles. The van der Waals surface area contributed by atoms with E-state index in [1.807, 2.05) is 42.5 Å². The van der Waals surface area contributed by atoms with Gasteiger partial charge in [-0.1, -0.05) is 24.3 Å². The van der Waals surface area contributed by atoms with Crippen LogP contribution in [0, 0.1) is 0 Å². The number of carbonyl (C=O) groups is 1. The lowest BCUT2D eigenvalue weighted by Crippen LogP contribution is -2.11. The van der Waals surface area contributed by atoms with Gasteiger partial charge in [0.15, 0.2) is 0 Å². The van der Waals surface area contributed by atoms with Crippen molar-refractivity contribution in [3.05, 3.63) is 72.8 Å². The molecule has 3 rings (SSSR count). The van der Waals surface area contributed by atoms with Crippen LogP contribution in [0.4, 0.5) is 5.69 Å². The van der Waals surface area contributed by atoms with Gasteiger partial charge < -0.3 is 5.32 Å². The van der Waals surface area contributed by atoms with Gasteiger partial charge in [0, 0.05) is 11.3 Å². The Morgan fingerprint density at radius 2 is 1.70 bits per heavy atom. The number of nitrogens with one attached hydrogen (secondary N) is 1. The van der Waals surface area contributed by atoms with Crippen LogP contribution in [0.3, 0.4) is 0 Å². The number of amides is 1. The molecule has 1 amide bonds. The highest BCUT2D eigenvalue weighted by Gasteiger charge is 2.05. The van der Waals surface area contributed by atoms with E-state index < -0.39 is 0 Å². The molecule has 0 unspecified atom stereocenters. The second-order valence-electron chi connectivity index (χ2n) is 4.24. The molecule has 3 aromatic rings. The summed E-state index contributed by atoms with van der Waals surface area (Å²) < 4.78 is 1.78. The summed E-state index contributed by atoms with van der Waals surface area (Å²) in [4.78, 5) is 12.1. The molecule has 0 aliphatic heterocycles. The number of nitrogens with zero attached hydrogens (tertiary/aromatic N) is 3. The van der Waals surface area contributed by atoms with E-state index in [0.29, 0.717) is 5.56 Å². The number of hydrogen-bond acceptors (Lipinski definition) is 3. The molecule has 0 atom stereocenters. The zero-order chi connectivity index (χ0) is 13.8. The van der Waals surface area contributed by atoms with E-state index in [-0.39, 0.29) is 5.91 Å². The second-order valence-corrected chi connectivity index (χ2v) is 4.24. The van der Waals surface area contributed by atoms with Gasteiger partial charge in [0.05, 0.1) is 5.69 Å². The Labute approximate surface area is 115 Å². The van der Waals surface area contributed by atoms with E-state index in [0.717, 1.165) is 11.4 Å². The first kappa shape index (κ1) is 12.1. The topological polar surface area (TPSA) is 59.8 Å². The highest BCUT2D eigenvalue weighted by Crippen LogP contribution is 2.15. The third-order valence-corrected chi connectivity index (χ3v) is 2.86. The molecule has 0 saturated heterocycles. The van der Waals surface area contributed by atoms with Crippen LogP contribution in [-0.2, 0) is 0 Å². The number of aromatic nitrogens is 3. The zero-order valence-electron chi connectivity index (χ0n) is 10.6. The Balaban J connectivity index is 1.82. The smallest absolute Gasteiger partial charge is 0.255 e. The lowest BCUT2D eigenvalue weighted by molar-refractivity contribution is 0.102. The van der Waals surface area contributed by atoms with Gasteiger partial charge in [-0.3, -0.25) is 9.36 Å². The average molecular weight is 264 g/mol. The number of hydrogen-bond donors (Lipinski definition) is 1. The van der Waals surface area contributed by atoms with Gasteiger partial charge in [-0.25, -0.2) is 0 Å². The number of anilines is 1. The van der Waals surface area contributed by atoms with Gasteiger partial charge in [-0.2, -0.15) is 0 Å². The number of benzene rings is 2. The van der Waals surface area contributed by atoms with E-state index >= 15 is 0 Å². The second kappa shape index (κ2) is 5.36. The van der Waals surface area contributed by atoms with Crippen LogP contribution in [-0.4, -0.2) is 20.7 Å². The molecule has 1 N–H and O–H groups in total. The molecule has 1 heterocycles. The maximum atomic E-state index is 12.1. The molecule has 0 aliphatic carbocycles. The predicted octanol–water partition coefficient (Wildman–Crippen LogP) is 2.52. The van der Waals surface area contributed by atoms with Crippen LogP contribution in [0.1, 0.15) is 10.4 Å². The summed E-state index contributed by atoms with van der Waals surface area (Å²) in [7, 11) is 0. The first-order valence-corrected chi connectivity index (χ1v) is 6.14. The summed E-state index contributed by atoms with van der Waals surface area (Å²) in [5.74, 6) is -0.133. The molecule has 0 radical (unpaired) electrons. The lowest BCUT2D eigenvalue weighted by atomic mass is 10.2. The highest BCUT2D eigenvalue weighted by atomic mass is 16.1. The van der Waals surface area contributed by atoms with Gasteiger partial charge in [0.25, 0.3) is 5.91 Å². The van der Waals surface area contributed by atoms with Crippen molar-refractivity contribution in [1.82, 2.24) is 14.8 Å². The highest BCUT2D eigenvalue weighted by molar-refractivity contribution is 6.04.